The van der Waals surface area contributed by atoms with Gasteiger partial charge < -0.3 is 11.1 Å². The Kier molecular flexibility index (Phi) is 7.68. The molecule has 2 unspecified atom stereocenters. The molecular formula is C19H30ClN3O3S. The quantitative estimate of drug-likeness (QED) is 0.788. The summed E-state index contributed by atoms with van der Waals surface area (Å²) in [6.45, 7) is 2.81. The fraction of sp³-hybridized carbons (Fsp3) is 0.632. The lowest BCUT2D eigenvalue weighted by molar-refractivity contribution is -0.127. The van der Waals surface area contributed by atoms with E-state index in [9.17, 15) is 13.2 Å². The summed E-state index contributed by atoms with van der Waals surface area (Å²) in [5.74, 6) is 0.0908. The van der Waals surface area contributed by atoms with Crippen LogP contribution in [0.15, 0.2) is 29.2 Å². The van der Waals surface area contributed by atoms with Crippen molar-refractivity contribution in [2.24, 2.45) is 11.7 Å². The number of nitrogens with zero attached hydrogens (tertiary/aromatic N) is 1. The van der Waals surface area contributed by atoms with Gasteiger partial charge in [-0.15, -0.1) is 12.4 Å². The van der Waals surface area contributed by atoms with E-state index in [1.807, 2.05) is 19.1 Å². The van der Waals surface area contributed by atoms with Gasteiger partial charge >= 0.3 is 0 Å². The largest absolute Gasteiger partial charge is 0.353 e. The molecule has 2 fully saturated rings. The minimum Gasteiger partial charge on any atom is -0.353 e. The first-order valence-electron chi connectivity index (χ1n) is 9.49. The van der Waals surface area contributed by atoms with Gasteiger partial charge in [0.1, 0.15) is 0 Å². The molecule has 2 aliphatic rings. The molecule has 0 aromatic heterocycles. The van der Waals surface area contributed by atoms with Crippen LogP contribution in [0, 0.1) is 12.8 Å². The summed E-state index contributed by atoms with van der Waals surface area (Å²) in [5.41, 5.74) is 7.01. The van der Waals surface area contributed by atoms with Crippen LogP contribution in [0.2, 0.25) is 0 Å². The van der Waals surface area contributed by atoms with Crippen molar-refractivity contribution in [1.29, 1.82) is 0 Å². The zero-order valence-electron chi connectivity index (χ0n) is 15.8. The number of nitrogens with two attached hydrogens (primary N) is 1. The van der Waals surface area contributed by atoms with Gasteiger partial charge in [-0.3, -0.25) is 4.79 Å². The molecule has 1 saturated carbocycles. The molecule has 27 heavy (non-hydrogen) atoms. The van der Waals surface area contributed by atoms with Crippen molar-refractivity contribution in [1.82, 2.24) is 9.62 Å². The standard InChI is InChI=1S/C19H29N3O3S.ClH/c1-14-5-7-18(8-6-14)26(24,25)22-11-9-17(10-12-22)21-19(23)15-3-2-4-16(20)13-15;/h5-8,15-17H,2-4,9-13,20H2,1H3,(H,21,23);1H. The number of benzene rings is 1. The third kappa shape index (κ3) is 5.44. The summed E-state index contributed by atoms with van der Waals surface area (Å²) in [6, 6.07) is 7.12. The maximum atomic E-state index is 12.7. The van der Waals surface area contributed by atoms with Crippen molar-refractivity contribution in [2.75, 3.05) is 13.1 Å². The molecule has 2 atom stereocenters. The summed E-state index contributed by atoms with van der Waals surface area (Å²) in [6.07, 6.45) is 4.96. The predicted molar refractivity (Wildman–Crippen MR) is 108 cm³/mol. The Morgan fingerprint density at radius 2 is 1.74 bits per heavy atom. The van der Waals surface area contributed by atoms with Gasteiger partial charge in [-0.1, -0.05) is 24.1 Å². The zero-order chi connectivity index (χ0) is 18.7. The Balaban J connectivity index is 0.00000261. The summed E-state index contributed by atoms with van der Waals surface area (Å²) in [5, 5.41) is 3.11. The highest BCUT2D eigenvalue weighted by Gasteiger charge is 2.32. The number of piperidine rings is 1. The highest BCUT2D eigenvalue weighted by atomic mass is 35.5. The second-order valence-electron chi connectivity index (χ2n) is 7.62. The van der Waals surface area contributed by atoms with Gasteiger partial charge in [0.2, 0.25) is 15.9 Å². The predicted octanol–water partition coefficient (Wildman–Crippen LogP) is 2.20. The molecule has 1 aliphatic heterocycles. The molecule has 6 nitrogen and oxygen atoms in total. The minimum atomic E-state index is -3.45. The number of aryl methyl sites for hydroxylation is 1. The number of hydrogen-bond donors (Lipinski definition) is 2. The maximum absolute atomic E-state index is 12.7. The van der Waals surface area contributed by atoms with Crippen LogP contribution in [0.5, 0.6) is 0 Å². The number of hydrogen-bond acceptors (Lipinski definition) is 4. The molecule has 3 rings (SSSR count). The van der Waals surface area contributed by atoms with Gasteiger partial charge in [0, 0.05) is 31.1 Å². The number of rotatable bonds is 4. The topological polar surface area (TPSA) is 92.5 Å². The molecule has 1 aromatic carbocycles. The maximum Gasteiger partial charge on any atom is 0.243 e. The molecule has 1 aliphatic carbocycles. The van der Waals surface area contributed by atoms with E-state index in [1.165, 1.54) is 4.31 Å². The third-order valence-corrected chi connectivity index (χ3v) is 7.46. The number of carbonyl (C=O) groups excluding carboxylic acids is 1. The number of nitrogens with one attached hydrogen (secondary N) is 1. The Bertz CT molecular complexity index is 731. The molecule has 0 spiro atoms. The number of sulfonamides is 1. The van der Waals surface area contributed by atoms with Crippen LogP contribution < -0.4 is 11.1 Å². The van der Waals surface area contributed by atoms with Crippen molar-refractivity contribution in [2.45, 2.75) is 62.4 Å². The van der Waals surface area contributed by atoms with Crippen LogP contribution in [0.3, 0.4) is 0 Å². The fourth-order valence-electron chi connectivity index (χ4n) is 3.88. The minimum absolute atomic E-state index is 0. The Morgan fingerprint density at radius 1 is 1.11 bits per heavy atom. The van der Waals surface area contributed by atoms with Crippen molar-refractivity contribution in [3.63, 3.8) is 0 Å². The average Bonchev–Trinajstić information content (AvgIpc) is 2.62. The zero-order valence-corrected chi connectivity index (χ0v) is 17.4. The second kappa shape index (κ2) is 9.37. The number of halogens is 1. The SMILES string of the molecule is Cc1ccc(S(=O)(=O)N2CCC(NC(=O)C3CCCC(N)C3)CC2)cc1.Cl. The van der Waals surface area contributed by atoms with E-state index < -0.39 is 10.0 Å². The lowest BCUT2D eigenvalue weighted by Crippen LogP contribution is -2.48. The van der Waals surface area contributed by atoms with Crippen molar-refractivity contribution in [3.05, 3.63) is 29.8 Å². The molecule has 1 aromatic rings. The highest BCUT2D eigenvalue weighted by molar-refractivity contribution is 7.89. The highest BCUT2D eigenvalue weighted by Crippen LogP contribution is 2.25. The van der Waals surface area contributed by atoms with Gasteiger partial charge in [0.25, 0.3) is 0 Å². The third-order valence-electron chi connectivity index (χ3n) is 5.54. The van der Waals surface area contributed by atoms with Gasteiger partial charge in [0.15, 0.2) is 0 Å². The van der Waals surface area contributed by atoms with Crippen LogP contribution in [0.1, 0.15) is 44.1 Å². The lowest BCUT2D eigenvalue weighted by atomic mass is 9.85. The Labute approximate surface area is 168 Å². The van der Waals surface area contributed by atoms with Gasteiger partial charge in [-0.25, -0.2) is 8.42 Å². The smallest absolute Gasteiger partial charge is 0.243 e. The van der Waals surface area contributed by atoms with E-state index in [0.717, 1.165) is 31.2 Å². The van der Waals surface area contributed by atoms with Crippen molar-refractivity contribution in [3.8, 4) is 0 Å². The molecule has 1 heterocycles. The van der Waals surface area contributed by atoms with E-state index in [2.05, 4.69) is 5.32 Å². The Morgan fingerprint density at radius 3 is 2.33 bits per heavy atom. The normalized spacial score (nSPS) is 24.8. The number of carbonyl (C=O) groups is 1. The summed E-state index contributed by atoms with van der Waals surface area (Å²) >= 11 is 0. The van der Waals surface area contributed by atoms with Crippen LogP contribution in [0.25, 0.3) is 0 Å². The van der Waals surface area contributed by atoms with Gasteiger partial charge in [-0.2, -0.15) is 4.31 Å². The molecule has 8 heteroatoms. The second-order valence-corrected chi connectivity index (χ2v) is 9.56. The van der Waals surface area contributed by atoms with E-state index in [-0.39, 0.29) is 36.3 Å². The average molecular weight is 416 g/mol. The van der Waals surface area contributed by atoms with Crippen LogP contribution in [-0.4, -0.2) is 43.8 Å². The van der Waals surface area contributed by atoms with Crippen LogP contribution >= 0.6 is 12.4 Å². The first-order chi connectivity index (χ1) is 12.4. The van der Waals surface area contributed by atoms with Gasteiger partial charge in [-0.05, 0) is 51.2 Å². The first kappa shape index (κ1) is 22.1. The van der Waals surface area contributed by atoms with E-state index in [4.69, 9.17) is 5.73 Å². The molecule has 0 radical (unpaired) electrons. The molecule has 1 saturated heterocycles. The van der Waals surface area contributed by atoms with Crippen molar-refractivity contribution < 1.29 is 13.2 Å². The first-order valence-corrected chi connectivity index (χ1v) is 10.9. The molecule has 3 N–H and O–H groups in total. The Hall–Kier alpha value is -1.15. The summed E-state index contributed by atoms with van der Waals surface area (Å²) in [7, 11) is -3.45. The molecule has 152 valence electrons. The monoisotopic (exact) mass is 415 g/mol. The molecular weight excluding hydrogens is 386 g/mol. The fourth-order valence-corrected chi connectivity index (χ4v) is 5.35. The van der Waals surface area contributed by atoms with Crippen molar-refractivity contribution >= 4 is 28.3 Å². The molecule has 0 bridgehead atoms. The summed E-state index contributed by atoms with van der Waals surface area (Å²) < 4.78 is 27.0. The van der Waals surface area contributed by atoms with Crippen LogP contribution in [0.4, 0.5) is 0 Å². The van der Waals surface area contributed by atoms with Crippen LogP contribution in [-0.2, 0) is 14.8 Å². The van der Waals surface area contributed by atoms with E-state index in [0.29, 0.717) is 30.8 Å². The molecule has 1 amide bonds. The van der Waals surface area contributed by atoms with Gasteiger partial charge in [0.05, 0.1) is 4.90 Å². The van der Waals surface area contributed by atoms with E-state index in [1.54, 1.807) is 12.1 Å². The lowest BCUT2D eigenvalue weighted by Gasteiger charge is -2.33. The van der Waals surface area contributed by atoms with E-state index >= 15 is 0 Å². The summed E-state index contributed by atoms with van der Waals surface area (Å²) in [4.78, 5) is 12.8. The number of amides is 1.